The van der Waals surface area contributed by atoms with Gasteiger partial charge in [-0.1, -0.05) is 28.1 Å². The molecule has 5 heteroatoms. The molecule has 0 aliphatic carbocycles. The van der Waals surface area contributed by atoms with E-state index in [2.05, 4.69) is 59.8 Å². The van der Waals surface area contributed by atoms with Crippen LogP contribution in [0.15, 0.2) is 51.4 Å². The van der Waals surface area contributed by atoms with Gasteiger partial charge in [0.05, 0.1) is 6.42 Å². The Labute approximate surface area is 142 Å². The fraction of sp³-hybridized carbons (Fsp3) is 0.0714. The van der Waals surface area contributed by atoms with Gasteiger partial charge in [-0.15, -0.1) is 0 Å². The summed E-state index contributed by atoms with van der Waals surface area (Å²) in [6, 6.07) is 13.5. The highest BCUT2D eigenvalue weighted by atomic mass is 127. The SMILES string of the molecule is O=C(Cc1cccc(Br)c1)Nc1ccc(I)c(Br)c1. The minimum absolute atomic E-state index is 0.0220. The summed E-state index contributed by atoms with van der Waals surface area (Å²) < 4.78 is 3.07. The van der Waals surface area contributed by atoms with Crippen molar-refractivity contribution in [3.63, 3.8) is 0 Å². The Morgan fingerprint density at radius 1 is 1.16 bits per heavy atom. The van der Waals surface area contributed by atoms with Crippen molar-refractivity contribution in [3.05, 3.63) is 60.5 Å². The van der Waals surface area contributed by atoms with E-state index in [4.69, 9.17) is 0 Å². The highest BCUT2D eigenvalue weighted by Crippen LogP contribution is 2.23. The molecule has 0 aliphatic rings. The lowest BCUT2D eigenvalue weighted by atomic mass is 10.1. The van der Waals surface area contributed by atoms with Gasteiger partial charge in [0.1, 0.15) is 0 Å². The Morgan fingerprint density at radius 2 is 1.95 bits per heavy atom. The molecule has 2 nitrogen and oxygen atoms in total. The number of anilines is 1. The second-order valence-corrected chi connectivity index (χ2v) is 6.92. The smallest absolute Gasteiger partial charge is 0.228 e. The lowest BCUT2D eigenvalue weighted by Gasteiger charge is -2.07. The number of nitrogens with one attached hydrogen (secondary N) is 1. The Bertz CT molecular complexity index is 616. The van der Waals surface area contributed by atoms with Crippen molar-refractivity contribution in [2.75, 3.05) is 5.32 Å². The molecule has 0 bridgehead atoms. The highest BCUT2D eigenvalue weighted by molar-refractivity contribution is 14.1. The maximum absolute atomic E-state index is 11.9. The molecule has 0 unspecified atom stereocenters. The van der Waals surface area contributed by atoms with Gasteiger partial charge in [-0.2, -0.15) is 0 Å². The van der Waals surface area contributed by atoms with E-state index in [9.17, 15) is 4.79 Å². The quantitative estimate of drug-likeness (QED) is 0.598. The second-order valence-electron chi connectivity index (χ2n) is 3.98. The molecule has 0 fully saturated rings. The summed E-state index contributed by atoms with van der Waals surface area (Å²) in [7, 11) is 0. The van der Waals surface area contributed by atoms with Crippen LogP contribution in [-0.4, -0.2) is 5.91 Å². The third-order valence-electron chi connectivity index (χ3n) is 2.46. The number of benzene rings is 2. The fourth-order valence-corrected chi connectivity index (χ4v) is 2.77. The summed E-state index contributed by atoms with van der Waals surface area (Å²) in [5.74, 6) is -0.0220. The molecule has 0 aromatic heterocycles. The minimum atomic E-state index is -0.0220. The first-order valence-electron chi connectivity index (χ1n) is 5.54. The predicted octanol–water partition coefficient (Wildman–Crippen LogP) is 5.00. The standard InChI is InChI=1S/C14H10Br2INO/c15-10-3-1-2-9(6-10)7-14(19)18-11-4-5-13(17)12(16)8-11/h1-6,8H,7H2,(H,18,19). The number of hydrogen-bond donors (Lipinski definition) is 1. The van der Waals surface area contributed by atoms with Gasteiger partial charge < -0.3 is 5.32 Å². The van der Waals surface area contributed by atoms with Gasteiger partial charge in [0.15, 0.2) is 0 Å². The van der Waals surface area contributed by atoms with Crippen LogP contribution in [0.25, 0.3) is 0 Å². The van der Waals surface area contributed by atoms with Crippen molar-refractivity contribution >= 4 is 66.0 Å². The van der Waals surface area contributed by atoms with Crippen molar-refractivity contribution in [1.29, 1.82) is 0 Å². The first-order chi connectivity index (χ1) is 9.04. The molecule has 19 heavy (non-hydrogen) atoms. The molecule has 0 saturated carbocycles. The number of hydrogen-bond acceptors (Lipinski definition) is 1. The van der Waals surface area contributed by atoms with Crippen LogP contribution in [-0.2, 0) is 11.2 Å². The van der Waals surface area contributed by atoms with Crippen molar-refractivity contribution < 1.29 is 4.79 Å². The molecule has 0 aliphatic heterocycles. The molecule has 0 radical (unpaired) electrons. The zero-order chi connectivity index (χ0) is 13.8. The molecule has 0 heterocycles. The summed E-state index contributed by atoms with van der Waals surface area (Å²) in [4.78, 5) is 11.9. The van der Waals surface area contributed by atoms with E-state index < -0.39 is 0 Å². The van der Waals surface area contributed by atoms with Crippen LogP contribution in [0.1, 0.15) is 5.56 Å². The Hall–Kier alpha value is -0.400. The lowest BCUT2D eigenvalue weighted by molar-refractivity contribution is -0.115. The Balaban J connectivity index is 2.03. The molecule has 0 spiro atoms. The van der Waals surface area contributed by atoms with Crippen LogP contribution in [0.4, 0.5) is 5.69 Å². The summed E-state index contributed by atoms with van der Waals surface area (Å²) >= 11 is 9.08. The molecular formula is C14H10Br2INO. The normalized spacial score (nSPS) is 10.3. The topological polar surface area (TPSA) is 29.1 Å². The fourth-order valence-electron chi connectivity index (χ4n) is 1.61. The van der Waals surface area contributed by atoms with Gasteiger partial charge in [-0.05, 0) is 74.4 Å². The molecule has 2 rings (SSSR count). The predicted molar refractivity (Wildman–Crippen MR) is 93.3 cm³/mol. The van der Waals surface area contributed by atoms with Gasteiger partial charge in [0.25, 0.3) is 0 Å². The van der Waals surface area contributed by atoms with Crippen LogP contribution >= 0.6 is 54.5 Å². The Kier molecular flexibility index (Phi) is 5.41. The number of amides is 1. The van der Waals surface area contributed by atoms with E-state index in [-0.39, 0.29) is 5.91 Å². The molecule has 98 valence electrons. The van der Waals surface area contributed by atoms with Gasteiger partial charge in [0, 0.05) is 18.2 Å². The highest BCUT2D eigenvalue weighted by Gasteiger charge is 2.06. The van der Waals surface area contributed by atoms with E-state index in [0.717, 1.165) is 23.8 Å². The van der Waals surface area contributed by atoms with Crippen molar-refractivity contribution in [1.82, 2.24) is 0 Å². The van der Waals surface area contributed by atoms with Crippen LogP contribution in [0.2, 0.25) is 0 Å². The number of rotatable bonds is 3. The van der Waals surface area contributed by atoms with Gasteiger partial charge in [0.2, 0.25) is 5.91 Å². The van der Waals surface area contributed by atoms with Gasteiger partial charge in [-0.25, -0.2) is 0 Å². The molecule has 2 aromatic rings. The first-order valence-corrected chi connectivity index (χ1v) is 8.20. The number of carbonyl (C=O) groups excluding carboxylic acids is 1. The first kappa shape index (κ1) is 15.0. The monoisotopic (exact) mass is 493 g/mol. The van der Waals surface area contributed by atoms with Crippen molar-refractivity contribution in [2.24, 2.45) is 0 Å². The summed E-state index contributed by atoms with van der Waals surface area (Å²) in [6.07, 6.45) is 0.364. The lowest BCUT2D eigenvalue weighted by Crippen LogP contribution is -2.14. The molecule has 1 N–H and O–H groups in total. The van der Waals surface area contributed by atoms with Crippen molar-refractivity contribution in [2.45, 2.75) is 6.42 Å². The van der Waals surface area contributed by atoms with Gasteiger partial charge in [-0.3, -0.25) is 4.79 Å². The number of carbonyl (C=O) groups is 1. The van der Waals surface area contributed by atoms with Crippen molar-refractivity contribution in [3.8, 4) is 0 Å². The van der Waals surface area contributed by atoms with Crippen LogP contribution in [0.3, 0.4) is 0 Å². The van der Waals surface area contributed by atoms with E-state index in [0.29, 0.717) is 6.42 Å². The second kappa shape index (κ2) is 6.85. The maximum atomic E-state index is 11.9. The summed E-state index contributed by atoms with van der Waals surface area (Å²) in [5.41, 5.74) is 1.78. The van der Waals surface area contributed by atoms with E-state index in [1.54, 1.807) is 0 Å². The van der Waals surface area contributed by atoms with Crippen LogP contribution in [0, 0.1) is 3.57 Å². The summed E-state index contributed by atoms with van der Waals surface area (Å²) in [5, 5.41) is 2.89. The maximum Gasteiger partial charge on any atom is 0.228 e. The van der Waals surface area contributed by atoms with E-state index in [1.807, 2.05) is 42.5 Å². The Morgan fingerprint density at radius 3 is 2.63 bits per heavy atom. The minimum Gasteiger partial charge on any atom is -0.326 e. The zero-order valence-electron chi connectivity index (χ0n) is 9.79. The number of halogens is 3. The van der Waals surface area contributed by atoms with Crippen LogP contribution < -0.4 is 5.32 Å². The largest absolute Gasteiger partial charge is 0.326 e. The molecule has 2 aromatic carbocycles. The third kappa shape index (κ3) is 4.57. The average Bonchev–Trinajstić information content (AvgIpc) is 2.34. The molecule has 1 amide bonds. The van der Waals surface area contributed by atoms with E-state index in [1.165, 1.54) is 0 Å². The van der Waals surface area contributed by atoms with Crippen LogP contribution in [0.5, 0.6) is 0 Å². The summed E-state index contributed by atoms with van der Waals surface area (Å²) in [6.45, 7) is 0. The van der Waals surface area contributed by atoms with Gasteiger partial charge >= 0.3 is 0 Å². The third-order valence-corrected chi connectivity index (χ3v) is 5.29. The zero-order valence-corrected chi connectivity index (χ0v) is 15.1. The molecule has 0 atom stereocenters. The molecule has 0 saturated heterocycles. The van der Waals surface area contributed by atoms with E-state index >= 15 is 0 Å². The average molecular weight is 495 g/mol. The molecular weight excluding hydrogens is 485 g/mol.